The third-order valence-corrected chi connectivity index (χ3v) is 10.2. The van der Waals surface area contributed by atoms with Crippen molar-refractivity contribution < 1.29 is 9.47 Å². The van der Waals surface area contributed by atoms with Crippen LogP contribution in [0.4, 0.5) is 11.9 Å². The number of rotatable bonds is 12. The van der Waals surface area contributed by atoms with Gasteiger partial charge in [0.15, 0.2) is 11.3 Å². The van der Waals surface area contributed by atoms with Gasteiger partial charge in [-0.25, -0.2) is 0 Å². The van der Waals surface area contributed by atoms with Gasteiger partial charge in [-0.3, -0.25) is 0 Å². The number of aromatic nitrogens is 8. The van der Waals surface area contributed by atoms with Crippen molar-refractivity contribution in [2.75, 3.05) is 43.9 Å². The minimum Gasteiger partial charge on any atom is -0.459 e. The lowest BCUT2D eigenvalue weighted by Gasteiger charge is -2.17. The van der Waals surface area contributed by atoms with E-state index in [9.17, 15) is 0 Å². The second-order valence-corrected chi connectivity index (χ2v) is 15.2. The molecule has 14 heteroatoms. The molecule has 2 saturated heterocycles. The topological polar surface area (TPSA) is 144 Å². The summed E-state index contributed by atoms with van der Waals surface area (Å²) >= 11 is 0. The van der Waals surface area contributed by atoms with Crippen LogP contribution in [0.1, 0.15) is 101 Å². The van der Waals surface area contributed by atoms with Crippen molar-refractivity contribution in [2.45, 2.75) is 90.5 Å². The molecule has 0 saturated carbocycles. The summed E-state index contributed by atoms with van der Waals surface area (Å²) in [7, 11) is 2.11. The van der Waals surface area contributed by atoms with Crippen molar-refractivity contribution >= 4 is 23.2 Å². The second-order valence-electron chi connectivity index (χ2n) is 15.2. The van der Waals surface area contributed by atoms with Crippen molar-refractivity contribution in [1.82, 2.24) is 49.4 Å². The van der Waals surface area contributed by atoms with Gasteiger partial charge in [-0.15, -0.1) is 0 Å². The Kier molecular flexibility index (Phi) is 11.7. The molecule has 2 fully saturated rings. The first-order valence-electron chi connectivity index (χ1n) is 19.5. The van der Waals surface area contributed by atoms with E-state index >= 15 is 0 Å². The Morgan fingerprint density at radius 2 is 1.15 bits per heavy atom. The molecule has 0 bridgehead atoms. The van der Waals surface area contributed by atoms with Gasteiger partial charge in [0, 0.05) is 30.8 Å². The number of ether oxygens (including phenoxy) is 2. The van der Waals surface area contributed by atoms with E-state index in [2.05, 4.69) is 119 Å². The molecule has 4 atom stereocenters. The van der Waals surface area contributed by atoms with Gasteiger partial charge in [-0.2, -0.15) is 39.2 Å². The van der Waals surface area contributed by atoms with E-state index in [0.717, 1.165) is 61.4 Å². The standard InChI is InChI=1S/C21H28N6O.C20H26N6O/c1-14(2)18-12-22-27-19(18)24-21(28-17-10-11-26(4)13-17)25-20(27)23-15(3)16-8-6-5-7-9-16;1-13(2)17-12-22-26-18(17)24-20(27-16-9-10-21-11-16)25-19(26)23-14(3)15-7-5-4-6-8-15/h5-9,12,14-15,17H,10-11,13H2,1-4H3,(H,23,24,25);4-8,12-14,16,21H,9-11H2,1-3H3,(H,23,24,25)/t15-,17?;14-,16?/m00/s1. The van der Waals surface area contributed by atoms with Crippen LogP contribution in [0, 0.1) is 0 Å². The smallest absolute Gasteiger partial charge is 0.322 e. The highest BCUT2D eigenvalue weighted by Gasteiger charge is 2.25. The molecule has 0 amide bonds. The first-order valence-corrected chi connectivity index (χ1v) is 19.5. The van der Waals surface area contributed by atoms with Crippen LogP contribution in [-0.2, 0) is 0 Å². The summed E-state index contributed by atoms with van der Waals surface area (Å²) in [6.45, 7) is 16.5. The highest BCUT2D eigenvalue weighted by molar-refractivity contribution is 5.54. The number of likely N-dealkylation sites (tertiary alicyclic amines) is 1. The predicted octanol–water partition coefficient (Wildman–Crippen LogP) is 6.67. The molecule has 2 aliphatic heterocycles. The van der Waals surface area contributed by atoms with E-state index in [1.165, 1.54) is 11.1 Å². The molecule has 0 spiro atoms. The van der Waals surface area contributed by atoms with Crippen molar-refractivity contribution in [3.05, 3.63) is 95.3 Å². The number of likely N-dealkylation sites (N-methyl/N-ethyl adjacent to an activating group) is 1. The number of fused-ring (bicyclic) bond motifs is 2. The van der Waals surface area contributed by atoms with Gasteiger partial charge in [-0.05, 0) is 63.2 Å². The van der Waals surface area contributed by atoms with Gasteiger partial charge >= 0.3 is 12.0 Å². The maximum Gasteiger partial charge on any atom is 0.322 e. The molecule has 0 aliphatic carbocycles. The third kappa shape index (κ3) is 8.97. The van der Waals surface area contributed by atoms with E-state index in [1.54, 1.807) is 9.03 Å². The number of nitrogens with zero attached hydrogens (tertiary/aromatic N) is 9. The maximum atomic E-state index is 6.14. The Hall–Kier alpha value is -5.34. The molecule has 6 heterocycles. The van der Waals surface area contributed by atoms with Crippen molar-refractivity contribution in [3.8, 4) is 12.0 Å². The quantitative estimate of drug-likeness (QED) is 0.123. The molecule has 2 unspecified atom stereocenters. The van der Waals surface area contributed by atoms with Gasteiger partial charge in [0.25, 0.3) is 0 Å². The van der Waals surface area contributed by atoms with Gasteiger partial charge < -0.3 is 30.3 Å². The minimum absolute atomic E-state index is 0.0801. The predicted molar refractivity (Wildman–Crippen MR) is 215 cm³/mol. The molecular formula is C41H54N12O2. The Labute approximate surface area is 323 Å². The summed E-state index contributed by atoms with van der Waals surface area (Å²) in [4.78, 5) is 20.9. The molecule has 290 valence electrons. The maximum absolute atomic E-state index is 6.14. The van der Waals surface area contributed by atoms with Crippen LogP contribution in [0.5, 0.6) is 12.0 Å². The normalized spacial score (nSPS) is 18.4. The van der Waals surface area contributed by atoms with Crippen LogP contribution in [-0.4, -0.2) is 89.5 Å². The zero-order valence-corrected chi connectivity index (χ0v) is 33.0. The van der Waals surface area contributed by atoms with Crippen molar-refractivity contribution in [2.24, 2.45) is 0 Å². The number of anilines is 2. The van der Waals surface area contributed by atoms with Gasteiger partial charge in [0.1, 0.15) is 12.2 Å². The third-order valence-electron chi connectivity index (χ3n) is 10.2. The highest BCUT2D eigenvalue weighted by Crippen LogP contribution is 2.28. The van der Waals surface area contributed by atoms with E-state index in [-0.39, 0.29) is 24.3 Å². The molecule has 14 nitrogen and oxygen atoms in total. The van der Waals surface area contributed by atoms with Gasteiger partial charge in [-0.1, -0.05) is 88.4 Å². The monoisotopic (exact) mass is 746 g/mol. The van der Waals surface area contributed by atoms with E-state index in [4.69, 9.17) is 14.5 Å². The van der Waals surface area contributed by atoms with Crippen LogP contribution in [0.15, 0.2) is 73.1 Å². The molecule has 55 heavy (non-hydrogen) atoms. The Morgan fingerprint density at radius 1 is 0.655 bits per heavy atom. The summed E-state index contributed by atoms with van der Waals surface area (Å²) in [6, 6.07) is 21.6. The first kappa shape index (κ1) is 38.0. The Morgan fingerprint density at radius 3 is 1.56 bits per heavy atom. The van der Waals surface area contributed by atoms with Crippen molar-refractivity contribution in [3.63, 3.8) is 0 Å². The molecule has 4 aromatic heterocycles. The van der Waals surface area contributed by atoms with Crippen LogP contribution < -0.4 is 25.4 Å². The fraction of sp³-hybridized carbons (Fsp3) is 0.463. The summed E-state index contributed by atoms with van der Waals surface area (Å²) in [5.74, 6) is 1.92. The zero-order valence-electron chi connectivity index (χ0n) is 33.0. The molecule has 8 rings (SSSR count). The van der Waals surface area contributed by atoms with Gasteiger partial charge in [0.2, 0.25) is 11.9 Å². The molecule has 0 radical (unpaired) electrons. The average molecular weight is 747 g/mol. The number of hydrogen-bond acceptors (Lipinski definition) is 12. The van der Waals surface area contributed by atoms with E-state index in [1.807, 2.05) is 48.8 Å². The summed E-state index contributed by atoms with van der Waals surface area (Å²) in [6.07, 6.45) is 5.93. The fourth-order valence-electron chi connectivity index (χ4n) is 6.91. The molecular weight excluding hydrogens is 693 g/mol. The van der Waals surface area contributed by atoms with Crippen LogP contribution in [0.25, 0.3) is 11.3 Å². The largest absolute Gasteiger partial charge is 0.459 e. The number of nitrogens with one attached hydrogen (secondary N) is 3. The molecule has 2 aromatic carbocycles. The molecule has 3 N–H and O–H groups in total. The van der Waals surface area contributed by atoms with E-state index < -0.39 is 0 Å². The van der Waals surface area contributed by atoms with Crippen molar-refractivity contribution in [1.29, 1.82) is 0 Å². The molecule has 2 aliphatic rings. The fourth-order valence-corrected chi connectivity index (χ4v) is 6.91. The number of hydrogen-bond donors (Lipinski definition) is 3. The Balaban J connectivity index is 0.000000169. The van der Waals surface area contributed by atoms with Crippen LogP contribution in [0.2, 0.25) is 0 Å². The SMILES string of the molecule is CC(C)c1cnn2c(N[C@@H](C)c3ccccc3)nc(OC3CCN(C)C3)nc12.CC(C)c1cnn2c(N[C@@H](C)c3ccccc3)nc(OC3CCNC3)nc12. The molecule has 6 aromatic rings. The zero-order chi connectivity index (χ0) is 38.5. The average Bonchev–Trinajstić information content (AvgIpc) is 4.01. The van der Waals surface area contributed by atoms with Crippen LogP contribution >= 0.6 is 0 Å². The second kappa shape index (κ2) is 17.0. The van der Waals surface area contributed by atoms with Gasteiger partial charge in [0.05, 0.1) is 24.5 Å². The Bertz CT molecular complexity index is 2150. The van der Waals surface area contributed by atoms with E-state index in [0.29, 0.717) is 35.8 Å². The lowest BCUT2D eigenvalue weighted by molar-refractivity contribution is 0.191. The summed E-state index contributed by atoms with van der Waals surface area (Å²) in [5.41, 5.74) is 6.14. The lowest BCUT2D eigenvalue weighted by atomic mass is 10.1. The summed E-state index contributed by atoms with van der Waals surface area (Å²) < 4.78 is 15.7. The number of benzene rings is 2. The van der Waals surface area contributed by atoms with Crippen LogP contribution in [0.3, 0.4) is 0 Å². The summed E-state index contributed by atoms with van der Waals surface area (Å²) in [5, 5.41) is 19.3. The first-order chi connectivity index (χ1) is 26.6. The lowest BCUT2D eigenvalue weighted by Crippen LogP contribution is -2.23. The highest BCUT2D eigenvalue weighted by atomic mass is 16.5. The minimum atomic E-state index is 0.0801.